The van der Waals surface area contributed by atoms with Crippen LogP contribution in [0.2, 0.25) is 0 Å². The maximum absolute atomic E-state index is 11.3. The minimum absolute atomic E-state index is 0.428. The number of nitrogens with zero attached hydrogens (tertiary/aromatic N) is 1. The van der Waals surface area contributed by atoms with E-state index in [1.54, 1.807) is 13.8 Å². The zero-order valence-corrected chi connectivity index (χ0v) is 9.82. The molecule has 1 N–H and O–H groups in total. The lowest BCUT2D eigenvalue weighted by atomic mass is 10.2. The average Bonchev–Trinajstić information content (AvgIpc) is 2.02. The van der Waals surface area contributed by atoms with Crippen molar-refractivity contribution >= 4 is 9.84 Å². The van der Waals surface area contributed by atoms with Crippen molar-refractivity contribution in [3.8, 4) is 6.07 Å². The Morgan fingerprint density at radius 2 is 2.00 bits per heavy atom. The highest BCUT2D eigenvalue weighted by Gasteiger charge is 2.29. The molecule has 5 heteroatoms. The molecule has 0 saturated carbocycles. The van der Waals surface area contributed by atoms with E-state index in [1.165, 1.54) is 6.26 Å². The molecule has 0 unspecified atom stereocenters. The highest BCUT2D eigenvalue weighted by molar-refractivity contribution is 7.92. The summed E-state index contributed by atoms with van der Waals surface area (Å²) in [6, 6.07) is 2.04. The van der Waals surface area contributed by atoms with Crippen LogP contribution in [-0.2, 0) is 9.84 Å². The molecular formula is C9H18N2O2S. The van der Waals surface area contributed by atoms with E-state index in [0.717, 1.165) is 6.42 Å². The standard InChI is InChI=1S/C9H18N2O2S/c1-9(2,14(3,12)13)8-11-7-5-4-6-10/h11H,4-5,7-8H2,1-3H3. The summed E-state index contributed by atoms with van der Waals surface area (Å²) in [5.74, 6) is 0. The number of unbranched alkanes of at least 4 members (excludes halogenated alkanes) is 1. The van der Waals surface area contributed by atoms with Gasteiger partial charge < -0.3 is 5.32 Å². The van der Waals surface area contributed by atoms with Gasteiger partial charge in [-0.05, 0) is 26.8 Å². The minimum Gasteiger partial charge on any atom is -0.315 e. The van der Waals surface area contributed by atoms with Gasteiger partial charge in [0.15, 0.2) is 9.84 Å². The van der Waals surface area contributed by atoms with Crippen molar-refractivity contribution in [3.05, 3.63) is 0 Å². The van der Waals surface area contributed by atoms with Crippen LogP contribution in [-0.4, -0.2) is 32.5 Å². The van der Waals surface area contributed by atoms with Crippen LogP contribution < -0.4 is 5.32 Å². The lowest BCUT2D eigenvalue weighted by Crippen LogP contribution is -2.41. The van der Waals surface area contributed by atoms with Crippen molar-refractivity contribution in [1.82, 2.24) is 5.32 Å². The molecule has 0 aliphatic carbocycles. The van der Waals surface area contributed by atoms with E-state index < -0.39 is 14.6 Å². The lowest BCUT2D eigenvalue weighted by molar-refractivity contribution is 0.519. The number of hydrogen-bond donors (Lipinski definition) is 1. The second-order valence-corrected chi connectivity index (χ2v) is 6.62. The van der Waals surface area contributed by atoms with Gasteiger partial charge >= 0.3 is 0 Å². The molecule has 4 nitrogen and oxygen atoms in total. The Bertz CT molecular complexity index is 301. The van der Waals surface area contributed by atoms with E-state index in [4.69, 9.17) is 5.26 Å². The summed E-state index contributed by atoms with van der Waals surface area (Å²) in [6.07, 6.45) is 2.51. The largest absolute Gasteiger partial charge is 0.315 e. The summed E-state index contributed by atoms with van der Waals surface area (Å²) >= 11 is 0. The number of nitriles is 1. The monoisotopic (exact) mass is 218 g/mol. The zero-order chi connectivity index (χ0) is 11.2. The fraction of sp³-hybridized carbons (Fsp3) is 0.889. The third-order valence-corrected chi connectivity index (χ3v) is 4.35. The summed E-state index contributed by atoms with van der Waals surface area (Å²) in [6.45, 7) is 4.50. The van der Waals surface area contributed by atoms with Crippen LogP contribution >= 0.6 is 0 Å². The van der Waals surface area contributed by atoms with E-state index in [1.807, 2.05) is 6.07 Å². The normalized spacial score (nSPS) is 12.4. The molecule has 0 heterocycles. The maximum Gasteiger partial charge on any atom is 0.153 e. The van der Waals surface area contributed by atoms with Crippen molar-refractivity contribution in [1.29, 1.82) is 5.26 Å². The molecule has 82 valence electrons. The SMILES string of the molecule is CC(C)(CNCCCC#N)S(C)(=O)=O. The summed E-state index contributed by atoms with van der Waals surface area (Å²) in [4.78, 5) is 0. The topological polar surface area (TPSA) is 70.0 Å². The van der Waals surface area contributed by atoms with Gasteiger partial charge in [0.1, 0.15) is 0 Å². The second-order valence-electron chi connectivity index (χ2n) is 3.97. The van der Waals surface area contributed by atoms with Crippen LogP contribution in [0.1, 0.15) is 26.7 Å². The van der Waals surface area contributed by atoms with Crippen LogP contribution in [0.5, 0.6) is 0 Å². The molecule has 0 aromatic heterocycles. The van der Waals surface area contributed by atoms with E-state index in [2.05, 4.69) is 5.32 Å². The third-order valence-electron chi connectivity index (χ3n) is 2.20. The summed E-state index contributed by atoms with van der Waals surface area (Å²) in [5.41, 5.74) is 0. The Labute approximate surface area is 86.2 Å². The molecule has 0 rings (SSSR count). The molecule has 0 amide bonds. The predicted octanol–water partition coefficient (Wildman–Crippen LogP) is 0.703. The zero-order valence-electron chi connectivity index (χ0n) is 9.00. The van der Waals surface area contributed by atoms with Gasteiger partial charge in [-0.1, -0.05) is 0 Å². The fourth-order valence-electron chi connectivity index (χ4n) is 0.813. The van der Waals surface area contributed by atoms with Gasteiger partial charge in [-0.15, -0.1) is 0 Å². The molecule has 0 saturated heterocycles. The molecule has 0 radical (unpaired) electrons. The highest BCUT2D eigenvalue weighted by atomic mass is 32.2. The molecule has 0 spiro atoms. The Hall–Kier alpha value is -0.600. The Kier molecular flexibility index (Phi) is 5.09. The molecule has 0 aliphatic rings. The van der Waals surface area contributed by atoms with Crippen molar-refractivity contribution in [2.45, 2.75) is 31.4 Å². The Morgan fingerprint density at radius 1 is 1.43 bits per heavy atom. The second kappa shape index (κ2) is 5.32. The lowest BCUT2D eigenvalue weighted by Gasteiger charge is -2.22. The van der Waals surface area contributed by atoms with Crippen LogP contribution in [0.3, 0.4) is 0 Å². The summed E-state index contributed by atoms with van der Waals surface area (Å²) in [7, 11) is -3.02. The molecule has 0 atom stereocenters. The van der Waals surface area contributed by atoms with Gasteiger partial charge in [-0.25, -0.2) is 8.42 Å². The van der Waals surface area contributed by atoms with E-state index in [9.17, 15) is 8.42 Å². The minimum atomic E-state index is -3.02. The first-order chi connectivity index (χ1) is 6.31. The first kappa shape index (κ1) is 13.4. The van der Waals surface area contributed by atoms with Gasteiger partial charge in [-0.3, -0.25) is 0 Å². The van der Waals surface area contributed by atoms with Gasteiger partial charge in [0, 0.05) is 19.2 Å². The molecule has 0 aromatic carbocycles. The summed E-state index contributed by atoms with van der Waals surface area (Å²) < 4.78 is 21.8. The third kappa shape index (κ3) is 4.58. The van der Waals surface area contributed by atoms with Crippen molar-refractivity contribution in [2.24, 2.45) is 0 Å². The fourth-order valence-corrected chi connectivity index (χ4v) is 1.18. The Balaban J connectivity index is 3.85. The molecule has 0 bridgehead atoms. The first-order valence-electron chi connectivity index (χ1n) is 4.58. The van der Waals surface area contributed by atoms with Crippen LogP contribution in [0, 0.1) is 11.3 Å². The molecule has 0 aromatic rings. The van der Waals surface area contributed by atoms with Crippen LogP contribution in [0.15, 0.2) is 0 Å². The number of hydrogen-bond acceptors (Lipinski definition) is 4. The molecular weight excluding hydrogens is 200 g/mol. The quantitative estimate of drug-likeness (QED) is 0.666. The molecule has 14 heavy (non-hydrogen) atoms. The number of rotatable bonds is 6. The summed E-state index contributed by atoms with van der Waals surface area (Å²) in [5, 5.41) is 11.3. The van der Waals surface area contributed by atoms with Gasteiger partial charge in [-0.2, -0.15) is 5.26 Å². The van der Waals surface area contributed by atoms with Crippen molar-refractivity contribution in [2.75, 3.05) is 19.3 Å². The van der Waals surface area contributed by atoms with Crippen LogP contribution in [0.4, 0.5) is 0 Å². The Morgan fingerprint density at radius 3 is 2.43 bits per heavy atom. The van der Waals surface area contributed by atoms with Gasteiger partial charge in [0.25, 0.3) is 0 Å². The van der Waals surface area contributed by atoms with Gasteiger partial charge in [0.2, 0.25) is 0 Å². The van der Waals surface area contributed by atoms with Crippen molar-refractivity contribution < 1.29 is 8.42 Å². The van der Waals surface area contributed by atoms with E-state index >= 15 is 0 Å². The molecule has 0 aliphatic heterocycles. The van der Waals surface area contributed by atoms with Gasteiger partial charge in [0.05, 0.1) is 10.8 Å². The maximum atomic E-state index is 11.3. The molecule has 0 fully saturated rings. The van der Waals surface area contributed by atoms with Crippen LogP contribution in [0.25, 0.3) is 0 Å². The van der Waals surface area contributed by atoms with E-state index in [-0.39, 0.29) is 0 Å². The average molecular weight is 218 g/mol. The van der Waals surface area contributed by atoms with Crippen molar-refractivity contribution in [3.63, 3.8) is 0 Å². The first-order valence-corrected chi connectivity index (χ1v) is 6.47. The highest BCUT2D eigenvalue weighted by Crippen LogP contribution is 2.13. The van der Waals surface area contributed by atoms with E-state index in [0.29, 0.717) is 19.5 Å². The number of sulfone groups is 1. The smallest absolute Gasteiger partial charge is 0.153 e. The number of nitrogens with one attached hydrogen (secondary N) is 1. The predicted molar refractivity (Wildman–Crippen MR) is 56.6 cm³/mol.